The number of ketones is 1. The third-order valence-corrected chi connectivity index (χ3v) is 8.87. The second-order valence-electron chi connectivity index (χ2n) is 12.5. The molecule has 40 heavy (non-hydrogen) atoms. The molecule has 5 rings (SSSR count). The van der Waals surface area contributed by atoms with E-state index in [1.54, 1.807) is 42.5 Å². The van der Waals surface area contributed by atoms with E-state index in [2.05, 4.69) is 25.9 Å². The molecule has 212 valence electrons. The van der Waals surface area contributed by atoms with Crippen LogP contribution < -0.4 is 4.74 Å². The van der Waals surface area contributed by atoms with E-state index in [0.29, 0.717) is 41.2 Å². The van der Waals surface area contributed by atoms with Gasteiger partial charge < -0.3 is 19.5 Å². The standard InChI is InChI=1S/C31H37N3O6/c1-8-31(4,5)22-14-20-26(28(36)33(22)6)27(24-18(35)15-30(2,3)16-21(24)40-20)25-19(39-7)11-10-17(23(25)29(37)38)34-13-9-12-32-34/h9-13,22,27H,8,14-16H2,1-7H3,(H,37,38)/t22-,27+/m0/s1. The van der Waals surface area contributed by atoms with Crippen molar-refractivity contribution in [2.24, 2.45) is 10.8 Å². The molecule has 2 atom stereocenters. The predicted octanol–water partition coefficient (Wildman–Crippen LogP) is 5.26. The molecule has 1 N–H and O–H groups in total. The molecular weight excluding hydrogens is 510 g/mol. The highest BCUT2D eigenvalue weighted by atomic mass is 16.5. The number of nitrogens with zero attached hydrogens (tertiary/aromatic N) is 3. The minimum absolute atomic E-state index is 0.0715. The average molecular weight is 548 g/mol. The van der Waals surface area contributed by atoms with E-state index in [0.717, 1.165) is 6.42 Å². The topological polar surface area (TPSA) is 111 Å². The molecule has 1 aromatic carbocycles. The van der Waals surface area contributed by atoms with Gasteiger partial charge in [-0.1, -0.05) is 34.6 Å². The van der Waals surface area contributed by atoms with E-state index < -0.39 is 11.9 Å². The summed E-state index contributed by atoms with van der Waals surface area (Å²) in [5.74, 6) is -1.30. The lowest BCUT2D eigenvalue weighted by Crippen LogP contribution is -2.51. The van der Waals surface area contributed by atoms with Crippen LogP contribution >= 0.6 is 0 Å². The highest BCUT2D eigenvalue weighted by Gasteiger charge is 2.51. The quantitative estimate of drug-likeness (QED) is 0.525. The Hall–Kier alpha value is -3.88. The number of carbonyl (C=O) groups is 3. The number of Topliss-reactive ketones (excluding diaryl/α,β-unsaturated/α-hetero) is 1. The summed E-state index contributed by atoms with van der Waals surface area (Å²) >= 11 is 0. The Morgan fingerprint density at radius 3 is 2.52 bits per heavy atom. The largest absolute Gasteiger partial charge is 0.496 e. The fourth-order valence-electron chi connectivity index (χ4n) is 6.44. The van der Waals surface area contributed by atoms with Gasteiger partial charge in [0, 0.05) is 55.9 Å². The zero-order valence-electron chi connectivity index (χ0n) is 24.2. The van der Waals surface area contributed by atoms with Crippen molar-refractivity contribution in [2.45, 2.75) is 72.3 Å². The van der Waals surface area contributed by atoms with Gasteiger partial charge in [-0.15, -0.1) is 0 Å². The Labute approximate surface area is 234 Å². The van der Waals surface area contributed by atoms with E-state index in [9.17, 15) is 19.5 Å². The van der Waals surface area contributed by atoms with E-state index in [-0.39, 0.29) is 51.9 Å². The van der Waals surface area contributed by atoms with Crippen molar-refractivity contribution in [1.29, 1.82) is 0 Å². The molecule has 1 amide bonds. The number of aromatic nitrogens is 2. The molecule has 3 aliphatic rings. The molecule has 1 aliphatic carbocycles. The minimum Gasteiger partial charge on any atom is -0.496 e. The Morgan fingerprint density at radius 2 is 1.93 bits per heavy atom. The molecule has 0 radical (unpaired) electrons. The number of rotatable bonds is 6. The number of carbonyl (C=O) groups excluding carboxylic acids is 2. The van der Waals surface area contributed by atoms with Crippen LogP contribution in [0.2, 0.25) is 0 Å². The number of likely N-dealkylation sites (N-methyl/N-ethyl adjacent to an activating group) is 1. The van der Waals surface area contributed by atoms with Crippen molar-refractivity contribution in [3.05, 3.63) is 64.4 Å². The first-order valence-electron chi connectivity index (χ1n) is 13.7. The van der Waals surface area contributed by atoms with Crippen LogP contribution in [0.3, 0.4) is 0 Å². The van der Waals surface area contributed by atoms with Crippen molar-refractivity contribution >= 4 is 17.7 Å². The van der Waals surface area contributed by atoms with Crippen LogP contribution in [0.5, 0.6) is 5.75 Å². The zero-order chi connectivity index (χ0) is 29.1. The minimum atomic E-state index is -1.21. The molecule has 3 heterocycles. The Morgan fingerprint density at radius 1 is 1.20 bits per heavy atom. The monoisotopic (exact) mass is 547 g/mol. The van der Waals surface area contributed by atoms with Crippen molar-refractivity contribution in [3.8, 4) is 11.4 Å². The molecule has 9 heteroatoms. The lowest BCUT2D eigenvalue weighted by molar-refractivity contribution is -0.133. The molecule has 0 saturated heterocycles. The van der Waals surface area contributed by atoms with Gasteiger partial charge in [0.05, 0.1) is 29.9 Å². The van der Waals surface area contributed by atoms with Crippen molar-refractivity contribution in [3.63, 3.8) is 0 Å². The smallest absolute Gasteiger partial charge is 0.338 e. The lowest BCUT2D eigenvalue weighted by Gasteiger charge is -2.47. The zero-order valence-corrected chi connectivity index (χ0v) is 24.2. The number of methoxy groups -OCH3 is 1. The summed E-state index contributed by atoms with van der Waals surface area (Å²) in [6, 6.07) is 4.87. The van der Waals surface area contributed by atoms with Gasteiger partial charge in [-0.2, -0.15) is 5.10 Å². The number of benzene rings is 1. The number of allylic oxidation sites excluding steroid dienone is 2. The normalized spacial score (nSPS) is 22.6. The van der Waals surface area contributed by atoms with Gasteiger partial charge in [-0.25, -0.2) is 9.48 Å². The van der Waals surface area contributed by atoms with E-state index in [1.807, 2.05) is 13.8 Å². The summed E-state index contributed by atoms with van der Waals surface area (Å²) in [6.07, 6.45) is 5.29. The fraction of sp³-hybridized carbons (Fsp3) is 0.484. The highest BCUT2D eigenvalue weighted by Crippen LogP contribution is 2.54. The number of hydrogen-bond donors (Lipinski definition) is 1. The van der Waals surface area contributed by atoms with Crippen LogP contribution in [0.15, 0.2) is 53.3 Å². The van der Waals surface area contributed by atoms with Gasteiger partial charge >= 0.3 is 5.97 Å². The number of amides is 1. The first kappa shape index (κ1) is 27.7. The van der Waals surface area contributed by atoms with Crippen LogP contribution in [0.25, 0.3) is 5.69 Å². The summed E-state index contributed by atoms with van der Waals surface area (Å²) in [7, 11) is 3.23. The molecular formula is C31H37N3O6. The van der Waals surface area contributed by atoms with Crippen LogP contribution in [-0.4, -0.2) is 57.6 Å². The Kier molecular flexibility index (Phi) is 6.67. The summed E-state index contributed by atoms with van der Waals surface area (Å²) in [5.41, 5.74) is 0.609. The van der Waals surface area contributed by atoms with Crippen LogP contribution in [-0.2, 0) is 14.3 Å². The van der Waals surface area contributed by atoms with Crippen molar-refractivity contribution in [2.75, 3.05) is 14.2 Å². The maximum absolute atomic E-state index is 14.3. The number of carboxylic acids is 1. The lowest BCUT2D eigenvalue weighted by atomic mass is 9.67. The Balaban J connectivity index is 1.84. The van der Waals surface area contributed by atoms with Crippen LogP contribution in [0.4, 0.5) is 0 Å². The van der Waals surface area contributed by atoms with Gasteiger partial charge in [-0.3, -0.25) is 9.59 Å². The molecule has 0 fully saturated rings. The van der Waals surface area contributed by atoms with Crippen LogP contribution in [0.1, 0.15) is 82.1 Å². The molecule has 2 aromatic rings. The van der Waals surface area contributed by atoms with Gasteiger partial charge in [0.2, 0.25) is 0 Å². The van der Waals surface area contributed by atoms with E-state index in [1.165, 1.54) is 11.8 Å². The summed E-state index contributed by atoms with van der Waals surface area (Å²) in [6.45, 7) is 10.4. The summed E-state index contributed by atoms with van der Waals surface area (Å²) in [4.78, 5) is 42.8. The molecule has 2 aliphatic heterocycles. The molecule has 9 nitrogen and oxygen atoms in total. The van der Waals surface area contributed by atoms with E-state index >= 15 is 0 Å². The molecule has 1 aromatic heterocycles. The second kappa shape index (κ2) is 9.64. The van der Waals surface area contributed by atoms with Crippen molar-refractivity contribution in [1.82, 2.24) is 14.7 Å². The molecule has 0 bridgehead atoms. The highest BCUT2D eigenvalue weighted by molar-refractivity contribution is 6.07. The average Bonchev–Trinajstić information content (AvgIpc) is 3.42. The number of carboxylic acid groups (broad SMARTS) is 1. The predicted molar refractivity (Wildman–Crippen MR) is 148 cm³/mol. The molecule has 0 saturated carbocycles. The maximum atomic E-state index is 14.3. The third kappa shape index (κ3) is 4.32. The summed E-state index contributed by atoms with van der Waals surface area (Å²) < 4.78 is 13.7. The SMILES string of the molecule is CCC(C)(C)[C@@H]1CC2=C(C(=O)N1C)[C@@H](c1c(OC)ccc(-n3cccn3)c1C(=O)O)C1=C(CC(C)(C)CC1=O)O2. The third-order valence-electron chi connectivity index (χ3n) is 8.87. The van der Waals surface area contributed by atoms with Gasteiger partial charge in [0.15, 0.2) is 5.78 Å². The number of aromatic carboxylic acids is 1. The van der Waals surface area contributed by atoms with Gasteiger partial charge in [-0.05, 0) is 35.4 Å². The van der Waals surface area contributed by atoms with Gasteiger partial charge in [0.25, 0.3) is 5.91 Å². The van der Waals surface area contributed by atoms with Crippen molar-refractivity contribution < 1.29 is 29.0 Å². The second-order valence-corrected chi connectivity index (χ2v) is 12.5. The summed E-state index contributed by atoms with van der Waals surface area (Å²) in [5, 5.41) is 14.9. The van der Waals surface area contributed by atoms with Crippen LogP contribution in [0, 0.1) is 10.8 Å². The fourth-order valence-corrected chi connectivity index (χ4v) is 6.44. The first-order valence-corrected chi connectivity index (χ1v) is 13.7. The molecule has 0 spiro atoms. The maximum Gasteiger partial charge on any atom is 0.338 e. The van der Waals surface area contributed by atoms with Gasteiger partial charge in [0.1, 0.15) is 17.3 Å². The Bertz CT molecular complexity index is 1460. The number of hydrogen-bond acceptors (Lipinski definition) is 6. The van der Waals surface area contributed by atoms with E-state index in [4.69, 9.17) is 9.47 Å². The number of ether oxygens (including phenoxy) is 2. The molecule has 0 unspecified atom stereocenters. The first-order chi connectivity index (χ1) is 18.8.